The summed E-state index contributed by atoms with van der Waals surface area (Å²) >= 11 is 0. The molecule has 0 heterocycles. The molecule has 0 bridgehead atoms. The third-order valence-electron chi connectivity index (χ3n) is 12.4. The van der Waals surface area contributed by atoms with Gasteiger partial charge in [0, 0.05) is 45.1 Å². The Morgan fingerprint density at radius 2 is 0.962 bits per heavy atom. The topological polar surface area (TPSA) is 174 Å². The zero-order chi connectivity index (χ0) is 57.1. The van der Waals surface area contributed by atoms with Crippen molar-refractivity contribution in [2.24, 2.45) is 11.8 Å². The van der Waals surface area contributed by atoms with Gasteiger partial charge in [0.2, 0.25) is 0 Å². The first kappa shape index (κ1) is 72.7. The van der Waals surface area contributed by atoms with Crippen molar-refractivity contribution < 1.29 is 119 Å². The van der Waals surface area contributed by atoms with Gasteiger partial charge in [-0.1, -0.05) is 53.7 Å². The summed E-state index contributed by atoms with van der Waals surface area (Å²) in [6, 6.07) is 14.4. The molecule has 0 aliphatic rings. The van der Waals surface area contributed by atoms with Gasteiger partial charge in [0.25, 0.3) is 0 Å². The van der Waals surface area contributed by atoms with Gasteiger partial charge in [-0.05, 0) is 171 Å². The summed E-state index contributed by atoms with van der Waals surface area (Å²) in [6.07, 6.45) is 11.6. The molecule has 15 heteroatoms. The molecule has 2 unspecified atom stereocenters. The molecule has 2 atom stereocenters. The van der Waals surface area contributed by atoms with Crippen LogP contribution in [0, 0.1) is 32.6 Å². The van der Waals surface area contributed by atoms with E-state index in [1.807, 2.05) is 52.8 Å². The summed E-state index contributed by atoms with van der Waals surface area (Å²) in [7, 11) is 10.9. The van der Waals surface area contributed by atoms with Gasteiger partial charge in [-0.15, -0.1) is 0 Å². The third kappa shape index (κ3) is 23.2. The Hall–Kier alpha value is -5.33. The van der Waals surface area contributed by atoms with E-state index >= 15 is 0 Å². The summed E-state index contributed by atoms with van der Waals surface area (Å²) in [6.45, 7) is 28.5. The fourth-order valence-corrected chi connectivity index (χ4v) is 8.05. The molecule has 0 fully saturated rings. The Balaban J connectivity index is 0.00000130. The van der Waals surface area contributed by atoms with Crippen LogP contribution >= 0.6 is 0 Å². The van der Waals surface area contributed by atoms with Crippen LogP contribution in [0.2, 0.25) is 0 Å². The zero-order valence-electron chi connectivity index (χ0n) is 49.8. The van der Waals surface area contributed by atoms with Crippen molar-refractivity contribution in [2.45, 2.75) is 94.9 Å². The van der Waals surface area contributed by atoms with Crippen LogP contribution in [0.1, 0.15) is 126 Å². The van der Waals surface area contributed by atoms with Crippen molar-refractivity contribution in [3.63, 3.8) is 0 Å². The number of benzene rings is 4. The van der Waals surface area contributed by atoms with Gasteiger partial charge in [0.1, 0.15) is 40.2 Å². The number of carbonyl (C=O) groups excluding carboxylic acids is 3. The largest absolute Gasteiger partial charge is 1.00 e. The Morgan fingerprint density at radius 1 is 0.538 bits per heavy atom. The fraction of sp³-hybridized carbons (Fsp3) is 0.413. The molecule has 14 nitrogen and oxygen atoms in total. The van der Waals surface area contributed by atoms with Gasteiger partial charge in [0.05, 0.1) is 45.1 Å². The van der Waals surface area contributed by atoms with E-state index in [2.05, 4.69) is 53.0 Å². The zero-order valence-corrected chi connectivity index (χ0v) is 52.9. The average Bonchev–Trinajstić information content (AvgIpc) is 3.38. The molecular weight excluding hydrogens is 1020 g/mol. The smallest absolute Gasteiger partial charge is 0.870 e. The quantitative estimate of drug-likeness (QED) is 0.0131. The minimum Gasteiger partial charge on any atom is -0.870 e. The predicted molar refractivity (Wildman–Crippen MR) is 307 cm³/mol. The van der Waals surface area contributed by atoms with Crippen molar-refractivity contribution in [3.8, 4) is 40.2 Å². The molecular formula is C63H85KO14. The van der Waals surface area contributed by atoms with Crippen molar-refractivity contribution >= 4 is 23.9 Å². The van der Waals surface area contributed by atoms with E-state index in [4.69, 9.17) is 47.4 Å². The Morgan fingerprint density at radius 3 is 1.37 bits per heavy atom. The van der Waals surface area contributed by atoms with Crippen molar-refractivity contribution in [3.05, 3.63) is 152 Å². The Labute approximate surface area is 507 Å². The molecule has 0 amide bonds. The van der Waals surface area contributed by atoms with Gasteiger partial charge in [0.15, 0.2) is 38.2 Å². The number of hydrogen-bond acceptors (Lipinski definition) is 14. The minimum atomic E-state index is -0.193. The predicted octanol–water partition coefficient (Wildman–Crippen LogP) is 10.9. The molecule has 0 radical (unpaired) electrons. The SMILES string of the molecule is C=C(C)C(CC=C(C)C)Cc1c(OCOC)cc(OC)c(C(=O)/C=C/c2ccc(OCOC)cc2OC)c1C.C=C(C)C(CC=C(C)C)Cc1c(OCOC)cc(OC)c(C(C)=O)c1C.COc1cc(C)ccc1C=O.[K+].[OH-]. The first-order valence-electron chi connectivity index (χ1n) is 25.0. The van der Waals surface area contributed by atoms with Crippen LogP contribution < -0.4 is 84.5 Å². The van der Waals surface area contributed by atoms with Crippen LogP contribution in [0.3, 0.4) is 0 Å². The number of rotatable bonds is 28. The second-order valence-electron chi connectivity index (χ2n) is 18.8. The molecule has 78 heavy (non-hydrogen) atoms. The van der Waals surface area contributed by atoms with Crippen molar-refractivity contribution in [1.82, 2.24) is 0 Å². The standard InChI is InChI=1S/C32H42O7.C22H32O4.C9H10O2.K.H2O/c1-21(2)10-11-25(22(3)4)16-27-23(5)32(31(37-9)18-30(27)39-20-35-7)28(33)15-13-24-12-14-26(38-19-34-6)17-29(24)36-8;1-14(2)9-10-18(15(3)4)11-19-16(5)22(17(6)23)21(25-8)12-20(19)26-13-24-7;1-7-3-4-8(6-10)9(5-7)11-2;;/h10,12-15,17-18,25H,3,11,16,19-20H2,1-2,4-9H3;9,12,18H,3,10-11,13H2,1-2,4-8H3;3-6H,1-2H3;;1H2/q;;;+1;/p-1/b15-13+;;;;. The van der Waals surface area contributed by atoms with Crippen LogP contribution in [-0.4, -0.2) is 93.5 Å². The summed E-state index contributed by atoms with van der Waals surface area (Å²) in [4.78, 5) is 36.2. The summed E-state index contributed by atoms with van der Waals surface area (Å²) in [5.41, 5.74) is 11.8. The number of methoxy groups -OCH3 is 7. The first-order chi connectivity index (χ1) is 36.2. The number of allylic oxidation sites excluding steroid dienone is 7. The Bertz CT molecular complexity index is 2670. The van der Waals surface area contributed by atoms with Gasteiger partial charge in [-0.3, -0.25) is 14.4 Å². The molecule has 0 aliphatic carbocycles. The molecule has 4 rings (SSSR count). The first-order valence-corrected chi connectivity index (χ1v) is 25.0. The number of hydrogen-bond donors (Lipinski definition) is 0. The third-order valence-corrected chi connectivity index (χ3v) is 12.4. The monoisotopic (exact) mass is 1100 g/mol. The van der Waals surface area contributed by atoms with Crippen LogP contribution in [0.25, 0.3) is 6.08 Å². The number of aryl methyl sites for hydroxylation is 1. The molecule has 0 saturated heterocycles. The fourth-order valence-electron chi connectivity index (χ4n) is 8.05. The van der Waals surface area contributed by atoms with E-state index < -0.39 is 0 Å². The van der Waals surface area contributed by atoms with E-state index in [1.165, 1.54) is 17.2 Å². The van der Waals surface area contributed by atoms with Crippen LogP contribution in [0.4, 0.5) is 0 Å². The average molecular weight is 1110 g/mol. The number of ketones is 2. The second-order valence-corrected chi connectivity index (χ2v) is 18.8. The van der Waals surface area contributed by atoms with Gasteiger partial charge in [-0.2, -0.15) is 0 Å². The number of aldehydes is 1. The van der Waals surface area contributed by atoms with Gasteiger partial charge < -0.3 is 52.8 Å². The molecule has 4 aromatic carbocycles. The van der Waals surface area contributed by atoms with Gasteiger partial charge >= 0.3 is 51.4 Å². The van der Waals surface area contributed by atoms with E-state index in [-0.39, 0.29) is 101 Å². The molecule has 1 N–H and O–H groups in total. The number of Topliss-reactive ketones (excluding diaryl/α,β-unsaturated/α-hetero) is 1. The molecule has 422 valence electrons. The normalized spacial score (nSPS) is 11.0. The molecule has 0 aliphatic heterocycles. The van der Waals surface area contributed by atoms with E-state index in [1.54, 1.807) is 93.1 Å². The summed E-state index contributed by atoms with van der Waals surface area (Å²) in [5.74, 6) is 4.33. The number of carbonyl (C=O) groups is 3. The maximum Gasteiger partial charge on any atom is 1.00 e. The minimum absolute atomic E-state index is 0. The van der Waals surface area contributed by atoms with E-state index in [0.29, 0.717) is 63.4 Å². The van der Waals surface area contributed by atoms with Crippen LogP contribution in [0.5, 0.6) is 40.2 Å². The summed E-state index contributed by atoms with van der Waals surface area (Å²) in [5, 5.41) is 0. The maximum absolute atomic E-state index is 13.6. The Kier molecular flexibility index (Phi) is 35.7. The van der Waals surface area contributed by atoms with Crippen LogP contribution in [0.15, 0.2) is 102 Å². The maximum atomic E-state index is 13.6. The second kappa shape index (κ2) is 38.3. The molecule has 0 aromatic heterocycles. The van der Waals surface area contributed by atoms with Crippen LogP contribution in [-0.2, 0) is 27.1 Å². The summed E-state index contributed by atoms with van der Waals surface area (Å²) < 4.78 is 54.0. The molecule has 4 aromatic rings. The molecule has 0 spiro atoms. The van der Waals surface area contributed by atoms with E-state index in [9.17, 15) is 14.4 Å². The number of ether oxygens (including phenoxy) is 10. The van der Waals surface area contributed by atoms with E-state index in [0.717, 1.165) is 70.1 Å². The molecule has 0 saturated carbocycles. The van der Waals surface area contributed by atoms with Gasteiger partial charge in [-0.25, -0.2) is 0 Å². The van der Waals surface area contributed by atoms with Crippen molar-refractivity contribution in [1.29, 1.82) is 0 Å². The van der Waals surface area contributed by atoms with Crippen molar-refractivity contribution in [2.75, 3.05) is 70.1 Å².